The fraction of sp³-hybridized carbons (Fsp3) is 0.875. The second-order valence-electron chi connectivity index (χ2n) is 3.67. The number of carbonyl (C=O) groups is 1. The number of amides is 1. The Morgan fingerprint density at radius 3 is 2.17 bits per heavy atom. The molecular weight excluding hydrogens is 156 g/mol. The summed E-state index contributed by atoms with van der Waals surface area (Å²) in [5.74, 6) is -0.413. The standard InChI is InChI=1S/C8H18N2O2/c1-5(7(9)12)10-8(3,4)6(2)11/h5-6,10-11H,1-4H3,(H2,9,12). The van der Waals surface area contributed by atoms with Crippen LogP contribution in [0.2, 0.25) is 0 Å². The predicted octanol–water partition coefficient (Wildman–Crippen LogP) is -0.391. The lowest BCUT2D eigenvalue weighted by atomic mass is 9.97. The minimum atomic E-state index is -0.528. The average Bonchev–Trinajstić information content (AvgIpc) is 1.85. The molecule has 2 unspecified atom stereocenters. The summed E-state index contributed by atoms with van der Waals surface area (Å²) >= 11 is 0. The van der Waals surface area contributed by atoms with Crippen molar-refractivity contribution in [3.63, 3.8) is 0 Å². The van der Waals surface area contributed by atoms with Gasteiger partial charge in [-0.05, 0) is 27.7 Å². The number of nitrogens with one attached hydrogen (secondary N) is 1. The van der Waals surface area contributed by atoms with Gasteiger partial charge in [0.05, 0.1) is 12.1 Å². The third kappa shape index (κ3) is 3.19. The lowest BCUT2D eigenvalue weighted by Gasteiger charge is -2.31. The summed E-state index contributed by atoms with van der Waals surface area (Å²) in [6.45, 7) is 6.97. The highest BCUT2D eigenvalue weighted by molar-refractivity contribution is 5.79. The molecule has 0 aromatic carbocycles. The fourth-order valence-corrected chi connectivity index (χ4v) is 0.750. The lowest BCUT2D eigenvalue weighted by molar-refractivity contribution is -0.120. The Bertz CT molecular complexity index is 166. The SMILES string of the molecule is CC(NC(C)(C)C(C)O)C(N)=O. The van der Waals surface area contributed by atoms with E-state index < -0.39 is 23.6 Å². The molecule has 0 radical (unpaired) electrons. The first-order valence-electron chi connectivity index (χ1n) is 4.02. The van der Waals surface area contributed by atoms with Crippen molar-refractivity contribution in [3.05, 3.63) is 0 Å². The molecule has 0 spiro atoms. The average molecular weight is 174 g/mol. The third-order valence-electron chi connectivity index (χ3n) is 2.06. The van der Waals surface area contributed by atoms with Gasteiger partial charge in [0.2, 0.25) is 5.91 Å². The minimum Gasteiger partial charge on any atom is -0.392 e. The summed E-state index contributed by atoms with van der Waals surface area (Å²) in [6, 6.07) is -0.422. The van der Waals surface area contributed by atoms with Gasteiger partial charge in [0.1, 0.15) is 0 Å². The molecule has 4 heteroatoms. The monoisotopic (exact) mass is 174 g/mol. The molecule has 0 saturated heterocycles. The molecule has 12 heavy (non-hydrogen) atoms. The fourth-order valence-electron chi connectivity index (χ4n) is 0.750. The number of aliphatic hydroxyl groups is 1. The Morgan fingerprint density at radius 1 is 1.50 bits per heavy atom. The number of rotatable bonds is 4. The van der Waals surface area contributed by atoms with Gasteiger partial charge in [-0.2, -0.15) is 0 Å². The lowest BCUT2D eigenvalue weighted by Crippen LogP contribution is -2.55. The van der Waals surface area contributed by atoms with Gasteiger partial charge in [-0.25, -0.2) is 0 Å². The van der Waals surface area contributed by atoms with E-state index >= 15 is 0 Å². The van der Waals surface area contributed by atoms with Gasteiger partial charge in [0.15, 0.2) is 0 Å². The molecular formula is C8H18N2O2. The van der Waals surface area contributed by atoms with E-state index in [0.29, 0.717) is 0 Å². The van der Waals surface area contributed by atoms with Crippen molar-refractivity contribution in [3.8, 4) is 0 Å². The van der Waals surface area contributed by atoms with Gasteiger partial charge in [-0.15, -0.1) is 0 Å². The van der Waals surface area contributed by atoms with Gasteiger partial charge in [0.25, 0.3) is 0 Å². The Balaban J connectivity index is 4.15. The zero-order valence-electron chi connectivity index (χ0n) is 8.09. The smallest absolute Gasteiger partial charge is 0.234 e. The van der Waals surface area contributed by atoms with Crippen LogP contribution >= 0.6 is 0 Å². The van der Waals surface area contributed by atoms with Gasteiger partial charge in [0, 0.05) is 5.54 Å². The van der Waals surface area contributed by atoms with E-state index in [-0.39, 0.29) is 0 Å². The highest BCUT2D eigenvalue weighted by Crippen LogP contribution is 2.09. The van der Waals surface area contributed by atoms with Crippen LogP contribution in [0, 0.1) is 0 Å². The molecule has 4 nitrogen and oxygen atoms in total. The first-order valence-corrected chi connectivity index (χ1v) is 4.02. The predicted molar refractivity (Wildman–Crippen MR) is 47.6 cm³/mol. The van der Waals surface area contributed by atoms with Gasteiger partial charge in [-0.3, -0.25) is 10.1 Å². The Kier molecular flexibility index (Phi) is 3.67. The second kappa shape index (κ2) is 3.87. The highest BCUT2D eigenvalue weighted by Gasteiger charge is 2.26. The van der Waals surface area contributed by atoms with E-state index in [4.69, 9.17) is 5.73 Å². The quantitative estimate of drug-likeness (QED) is 0.543. The van der Waals surface area contributed by atoms with Gasteiger partial charge < -0.3 is 10.8 Å². The van der Waals surface area contributed by atoms with Crippen LogP contribution in [0.3, 0.4) is 0 Å². The van der Waals surface area contributed by atoms with Gasteiger partial charge >= 0.3 is 0 Å². The topological polar surface area (TPSA) is 75.3 Å². The van der Waals surface area contributed by atoms with Crippen molar-refractivity contribution in [1.82, 2.24) is 5.32 Å². The van der Waals surface area contributed by atoms with E-state index in [1.807, 2.05) is 13.8 Å². The van der Waals surface area contributed by atoms with Crippen molar-refractivity contribution >= 4 is 5.91 Å². The first-order chi connectivity index (χ1) is 5.27. The summed E-state index contributed by atoms with van der Waals surface area (Å²) in [7, 11) is 0. The van der Waals surface area contributed by atoms with Crippen molar-refractivity contribution in [1.29, 1.82) is 0 Å². The largest absolute Gasteiger partial charge is 0.392 e. The number of nitrogens with two attached hydrogens (primary N) is 1. The van der Waals surface area contributed by atoms with Crippen molar-refractivity contribution in [2.75, 3.05) is 0 Å². The van der Waals surface area contributed by atoms with Crippen molar-refractivity contribution in [2.45, 2.75) is 45.4 Å². The van der Waals surface area contributed by atoms with Crippen LogP contribution < -0.4 is 11.1 Å². The number of carbonyl (C=O) groups excluding carboxylic acids is 1. The number of aliphatic hydroxyl groups excluding tert-OH is 1. The van der Waals surface area contributed by atoms with Crippen LogP contribution in [-0.2, 0) is 4.79 Å². The number of hydrogen-bond acceptors (Lipinski definition) is 3. The summed E-state index contributed by atoms with van der Waals surface area (Å²) in [5, 5.41) is 12.2. The number of hydrogen-bond donors (Lipinski definition) is 3. The number of primary amides is 1. The normalized spacial score (nSPS) is 17.1. The molecule has 72 valence electrons. The van der Waals surface area contributed by atoms with Crippen LogP contribution in [0.5, 0.6) is 0 Å². The summed E-state index contributed by atoms with van der Waals surface area (Å²) in [4.78, 5) is 10.7. The van der Waals surface area contributed by atoms with Crippen molar-refractivity contribution < 1.29 is 9.90 Å². The molecule has 0 aliphatic heterocycles. The molecule has 0 heterocycles. The highest BCUT2D eigenvalue weighted by atomic mass is 16.3. The van der Waals surface area contributed by atoms with Crippen LogP contribution in [-0.4, -0.2) is 28.7 Å². The van der Waals surface area contributed by atoms with Crippen LogP contribution in [0.15, 0.2) is 0 Å². The Hall–Kier alpha value is -0.610. The maximum atomic E-state index is 10.7. The molecule has 0 fully saturated rings. The molecule has 0 aromatic heterocycles. The summed E-state index contributed by atoms with van der Waals surface area (Å²) < 4.78 is 0. The van der Waals surface area contributed by atoms with Crippen LogP contribution in [0.4, 0.5) is 0 Å². The van der Waals surface area contributed by atoms with E-state index in [1.54, 1.807) is 13.8 Å². The first kappa shape index (κ1) is 11.4. The summed E-state index contributed by atoms with van der Waals surface area (Å²) in [6.07, 6.45) is -0.528. The Labute approximate surface area is 73.1 Å². The second-order valence-corrected chi connectivity index (χ2v) is 3.67. The third-order valence-corrected chi connectivity index (χ3v) is 2.06. The minimum absolute atomic E-state index is 0.413. The molecule has 0 saturated carbocycles. The molecule has 0 aromatic rings. The molecule has 2 atom stereocenters. The van der Waals surface area contributed by atoms with Gasteiger partial charge in [-0.1, -0.05) is 0 Å². The zero-order chi connectivity index (χ0) is 9.94. The molecule has 1 amide bonds. The summed E-state index contributed by atoms with van der Waals surface area (Å²) in [5.41, 5.74) is 4.57. The molecule has 0 aliphatic carbocycles. The van der Waals surface area contributed by atoms with E-state index in [0.717, 1.165) is 0 Å². The van der Waals surface area contributed by atoms with E-state index in [2.05, 4.69) is 5.32 Å². The molecule has 0 aliphatic rings. The molecule has 0 rings (SSSR count). The maximum Gasteiger partial charge on any atom is 0.234 e. The van der Waals surface area contributed by atoms with E-state index in [1.165, 1.54) is 0 Å². The van der Waals surface area contributed by atoms with E-state index in [9.17, 15) is 9.90 Å². The van der Waals surface area contributed by atoms with Crippen LogP contribution in [0.1, 0.15) is 27.7 Å². The maximum absolute atomic E-state index is 10.7. The molecule has 0 bridgehead atoms. The van der Waals surface area contributed by atoms with Crippen molar-refractivity contribution in [2.24, 2.45) is 5.73 Å². The Morgan fingerprint density at radius 2 is 1.92 bits per heavy atom. The van der Waals surface area contributed by atoms with Crippen LogP contribution in [0.25, 0.3) is 0 Å². The molecule has 4 N–H and O–H groups in total. The zero-order valence-corrected chi connectivity index (χ0v) is 8.09.